The molecule has 1 heterocycles. The summed E-state index contributed by atoms with van der Waals surface area (Å²) in [5, 5.41) is 9.56. The topological polar surface area (TPSA) is 87.6 Å². The molecular formula is C20H36IN5O2S. The second kappa shape index (κ2) is 14.1. The van der Waals surface area contributed by atoms with Crippen molar-refractivity contribution in [2.45, 2.75) is 52.9 Å². The number of hydrogen-bond donors (Lipinski definition) is 3. The van der Waals surface area contributed by atoms with E-state index in [1.165, 1.54) is 37.0 Å². The molecule has 0 radical (unpaired) electrons. The number of guanidine groups is 1. The van der Waals surface area contributed by atoms with Crippen LogP contribution in [0.15, 0.2) is 10.5 Å². The van der Waals surface area contributed by atoms with Gasteiger partial charge in [-0.2, -0.15) is 0 Å². The molecule has 0 atom stereocenters. The standard InChI is InChI=1S/C20H35N5O2S.HI/c1-4-21-19(23-12-11-22-18(26)17-16(3)25-15-28-17)24-14-20(8-6-7-9-20)10-13-27-5-2;/h15H,4-14H2,1-3H3,(H,22,26)(H2,21,23,24);1H. The van der Waals surface area contributed by atoms with E-state index in [9.17, 15) is 4.79 Å². The van der Waals surface area contributed by atoms with E-state index in [1.54, 1.807) is 5.51 Å². The molecule has 1 aliphatic carbocycles. The number of halogens is 1. The van der Waals surface area contributed by atoms with E-state index in [2.05, 4.69) is 27.9 Å². The van der Waals surface area contributed by atoms with Crippen LogP contribution in [0.3, 0.4) is 0 Å². The Morgan fingerprint density at radius 1 is 1.24 bits per heavy atom. The summed E-state index contributed by atoms with van der Waals surface area (Å²) in [4.78, 5) is 21.8. The third-order valence-electron chi connectivity index (χ3n) is 5.22. The van der Waals surface area contributed by atoms with Gasteiger partial charge in [0.05, 0.1) is 11.2 Å². The number of nitrogens with one attached hydrogen (secondary N) is 3. The van der Waals surface area contributed by atoms with Crippen molar-refractivity contribution in [1.29, 1.82) is 0 Å². The van der Waals surface area contributed by atoms with Crippen molar-refractivity contribution in [1.82, 2.24) is 20.9 Å². The summed E-state index contributed by atoms with van der Waals surface area (Å²) >= 11 is 1.37. The average Bonchev–Trinajstić information content (AvgIpc) is 3.33. The second-order valence-electron chi connectivity index (χ2n) is 7.30. The number of aliphatic imine (C=N–C) groups is 1. The molecule has 29 heavy (non-hydrogen) atoms. The Kier molecular flexibility index (Phi) is 12.7. The van der Waals surface area contributed by atoms with Gasteiger partial charge in [-0.25, -0.2) is 4.98 Å². The van der Waals surface area contributed by atoms with E-state index in [0.29, 0.717) is 18.0 Å². The average molecular weight is 538 g/mol. The van der Waals surface area contributed by atoms with Crippen molar-refractivity contribution in [2.75, 3.05) is 39.4 Å². The van der Waals surface area contributed by atoms with Gasteiger partial charge in [0, 0.05) is 39.4 Å². The summed E-state index contributed by atoms with van der Waals surface area (Å²) in [5.41, 5.74) is 2.75. The monoisotopic (exact) mass is 537 g/mol. The van der Waals surface area contributed by atoms with Crippen molar-refractivity contribution in [3.8, 4) is 0 Å². The Bertz CT molecular complexity index is 632. The minimum atomic E-state index is -0.0652. The van der Waals surface area contributed by atoms with Crippen LogP contribution in [0.2, 0.25) is 0 Å². The third kappa shape index (κ3) is 8.75. The summed E-state index contributed by atoms with van der Waals surface area (Å²) < 4.78 is 5.59. The Morgan fingerprint density at radius 3 is 2.59 bits per heavy atom. The molecule has 0 aliphatic heterocycles. The first-order valence-electron chi connectivity index (χ1n) is 10.4. The van der Waals surface area contributed by atoms with Gasteiger partial charge in [-0.15, -0.1) is 35.3 Å². The van der Waals surface area contributed by atoms with Crippen LogP contribution in [-0.4, -0.2) is 56.2 Å². The fourth-order valence-corrected chi connectivity index (χ4v) is 4.31. The predicted octanol–water partition coefficient (Wildman–Crippen LogP) is 3.34. The molecule has 0 aromatic carbocycles. The molecule has 1 saturated carbocycles. The van der Waals surface area contributed by atoms with Gasteiger partial charge < -0.3 is 20.7 Å². The zero-order chi connectivity index (χ0) is 20.2. The molecule has 0 spiro atoms. The van der Waals surface area contributed by atoms with Gasteiger partial charge in [-0.1, -0.05) is 12.8 Å². The summed E-state index contributed by atoms with van der Waals surface area (Å²) in [6.45, 7) is 10.3. The van der Waals surface area contributed by atoms with Crippen LogP contribution in [0, 0.1) is 12.3 Å². The fraction of sp³-hybridized carbons (Fsp3) is 0.750. The lowest BCUT2D eigenvalue weighted by atomic mass is 9.83. The van der Waals surface area contributed by atoms with Crippen LogP contribution in [0.1, 0.15) is 61.3 Å². The molecule has 0 bridgehead atoms. The Balaban J connectivity index is 0.00000420. The van der Waals surface area contributed by atoms with Gasteiger partial charge in [0.1, 0.15) is 4.88 Å². The van der Waals surface area contributed by atoms with E-state index in [1.807, 2.05) is 13.8 Å². The normalized spacial score (nSPS) is 15.6. The lowest BCUT2D eigenvalue weighted by Gasteiger charge is -2.27. The van der Waals surface area contributed by atoms with E-state index < -0.39 is 0 Å². The van der Waals surface area contributed by atoms with E-state index >= 15 is 0 Å². The summed E-state index contributed by atoms with van der Waals surface area (Å²) in [6.07, 6.45) is 6.11. The van der Waals surface area contributed by atoms with E-state index in [4.69, 9.17) is 9.73 Å². The number of carbonyl (C=O) groups excluding carboxylic acids is 1. The maximum Gasteiger partial charge on any atom is 0.263 e. The molecule has 1 aromatic heterocycles. The number of nitrogens with zero attached hydrogens (tertiary/aromatic N) is 2. The SMILES string of the molecule is CCNC(=NCC1(CCOCC)CCCC1)NCCNC(=O)c1scnc1C.I. The molecule has 7 nitrogen and oxygen atoms in total. The van der Waals surface area contributed by atoms with E-state index in [-0.39, 0.29) is 35.3 Å². The number of rotatable bonds is 11. The minimum absolute atomic E-state index is 0. The number of ether oxygens (including phenoxy) is 1. The van der Waals surface area contributed by atoms with Crippen molar-refractivity contribution in [3.05, 3.63) is 16.1 Å². The predicted molar refractivity (Wildman–Crippen MR) is 131 cm³/mol. The van der Waals surface area contributed by atoms with Crippen molar-refractivity contribution < 1.29 is 9.53 Å². The van der Waals surface area contributed by atoms with Gasteiger partial charge in [0.15, 0.2) is 5.96 Å². The molecule has 2 rings (SSSR count). The molecule has 1 fully saturated rings. The highest BCUT2D eigenvalue weighted by atomic mass is 127. The highest BCUT2D eigenvalue weighted by Gasteiger charge is 2.33. The molecular weight excluding hydrogens is 501 g/mol. The molecule has 0 saturated heterocycles. The number of amides is 1. The lowest BCUT2D eigenvalue weighted by molar-refractivity contribution is 0.0957. The molecule has 166 valence electrons. The van der Waals surface area contributed by atoms with Crippen molar-refractivity contribution in [2.24, 2.45) is 10.4 Å². The largest absolute Gasteiger partial charge is 0.382 e. The zero-order valence-electron chi connectivity index (χ0n) is 17.9. The smallest absolute Gasteiger partial charge is 0.263 e. The highest BCUT2D eigenvalue weighted by molar-refractivity contribution is 14.0. The van der Waals surface area contributed by atoms with Gasteiger partial charge in [0.2, 0.25) is 0 Å². The summed E-state index contributed by atoms with van der Waals surface area (Å²) in [6, 6.07) is 0. The Morgan fingerprint density at radius 2 is 1.97 bits per heavy atom. The lowest BCUT2D eigenvalue weighted by Crippen LogP contribution is -2.42. The maximum atomic E-state index is 12.1. The minimum Gasteiger partial charge on any atom is -0.382 e. The van der Waals surface area contributed by atoms with Crippen molar-refractivity contribution in [3.63, 3.8) is 0 Å². The summed E-state index contributed by atoms with van der Waals surface area (Å²) in [7, 11) is 0. The first-order valence-corrected chi connectivity index (χ1v) is 11.3. The van der Waals surface area contributed by atoms with Crippen molar-refractivity contribution >= 4 is 47.2 Å². The first-order chi connectivity index (χ1) is 13.6. The zero-order valence-corrected chi connectivity index (χ0v) is 21.0. The molecule has 1 aliphatic rings. The number of aromatic nitrogens is 1. The molecule has 9 heteroatoms. The molecule has 1 amide bonds. The van der Waals surface area contributed by atoms with Crippen LogP contribution >= 0.6 is 35.3 Å². The Hall–Kier alpha value is -0.940. The van der Waals surface area contributed by atoms with Gasteiger partial charge in [-0.05, 0) is 45.4 Å². The second-order valence-corrected chi connectivity index (χ2v) is 8.15. The maximum absolute atomic E-state index is 12.1. The third-order valence-corrected chi connectivity index (χ3v) is 6.14. The van der Waals surface area contributed by atoms with Crippen LogP contribution in [0.4, 0.5) is 0 Å². The molecule has 3 N–H and O–H groups in total. The molecule has 1 aromatic rings. The van der Waals surface area contributed by atoms with Gasteiger partial charge in [-0.3, -0.25) is 9.79 Å². The quantitative estimate of drug-likeness (QED) is 0.175. The Labute approximate surface area is 195 Å². The fourth-order valence-electron chi connectivity index (χ4n) is 3.59. The first kappa shape index (κ1) is 26.1. The number of thiazole rings is 1. The highest BCUT2D eigenvalue weighted by Crippen LogP contribution is 2.41. The van der Waals surface area contributed by atoms with Crippen LogP contribution in [-0.2, 0) is 4.74 Å². The van der Waals surface area contributed by atoms with Crippen LogP contribution in [0.5, 0.6) is 0 Å². The van der Waals surface area contributed by atoms with Crippen LogP contribution in [0.25, 0.3) is 0 Å². The van der Waals surface area contributed by atoms with Crippen LogP contribution < -0.4 is 16.0 Å². The van der Waals surface area contributed by atoms with Gasteiger partial charge >= 0.3 is 0 Å². The number of aryl methyl sites for hydroxylation is 1. The number of hydrogen-bond acceptors (Lipinski definition) is 5. The van der Waals surface area contributed by atoms with E-state index in [0.717, 1.165) is 44.4 Å². The van der Waals surface area contributed by atoms with Gasteiger partial charge in [0.25, 0.3) is 5.91 Å². The molecule has 0 unspecified atom stereocenters. The number of carbonyl (C=O) groups is 1. The summed E-state index contributed by atoms with van der Waals surface area (Å²) in [5.74, 6) is 0.748.